The molecule has 148 valence electrons. The number of rotatable bonds is 3. The van der Waals surface area contributed by atoms with E-state index >= 15 is 0 Å². The Morgan fingerprint density at radius 3 is 2.44 bits per heavy atom. The van der Waals surface area contributed by atoms with Crippen LogP contribution < -0.4 is 11.0 Å². The predicted molar refractivity (Wildman–Crippen MR) is 102 cm³/mol. The van der Waals surface area contributed by atoms with Crippen LogP contribution in [0.15, 0.2) is 27.9 Å². The third kappa shape index (κ3) is 3.75. The molecule has 4 rings (SSSR count). The number of nitrogens with one attached hydrogen (secondary N) is 3. The Hall–Kier alpha value is -1.88. The SMILES string of the molecule is Cl.O=C(C1CCNC1)N1CCN(S(=O)(=O)c2ccc3[nH]c(=O)[nH]c3c2)CC1. The van der Waals surface area contributed by atoms with Crippen LogP contribution in [0.25, 0.3) is 11.0 Å². The fourth-order valence-corrected chi connectivity index (χ4v) is 5.04. The van der Waals surface area contributed by atoms with Gasteiger partial charge in [-0.05, 0) is 31.2 Å². The molecule has 2 aliphatic rings. The number of nitrogens with zero attached hydrogens (tertiary/aromatic N) is 2. The average molecular weight is 416 g/mol. The Kier molecular flexibility index (Phi) is 5.61. The van der Waals surface area contributed by atoms with Crippen molar-refractivity contribution in [3.05, 3.63) is 28.7 Å². The summed E-state index contributed by atoms with van der Waals surface area (Å²) in [5.41, 5.74) is 0.649. The van der Waals surface area contributed by atoms with E-state index in [1.54, 1.807) is 11.0 Å². The average Bonchev–Trinajstić information content (AvgIpc) is 3.29. The lowest BCUT2D eigenvalue weighted by atomic mass is 10.1. The molecule has 1 amide bonds. The lowest BCUT2D eigenvalue weighted by Crippen LogP contribution is -2.52. The van der Waals surface area contributed by atoms with Crippen molar-refractivity contribution < 1.29 is 13.2 Å². The van der Waals surface area contributed by atoms with Crippen LogP contribution in [0.3, 0.4) is 0 Å². The Morgan fingerprint density at radius 2 is 1.78 bits per heavy atom. The summed E-state index contributed by atoms with van der Waals surface area (Å²) < 4.78 is 27.2. The van der Waals surface area contributed by atoms with Gasteiger partial charge in [0.25, 0.3) is 0 Å². The van der Waals surface area contributed by atoms with Gasteiger partial charge in [-0.15, -0.1) is 12.4 Å². The van der Waals surface area contributed by atoms with Crippen molar-refractivity contribution in [2.24, 2.45) is 5.92 Å². The third-order valence-corrected chi connectivity index (χ3v) is 6.98. The highest BCUT2D eigenvalue weighted by molar-refractivity contribution is 7.89. The summed E-state index contributed by atoms with van der Waals surface area (Å²) in [5.74, 6) is 0.115. The summed E-state index contributed by atoms with van der Waals surface area (Å²) in [6.07, 6.45) is 0.840. The van der Waals surface area contributed by atoms with Gasteiger partial charge < -0.3 is 20.2 Å². The number of piperazine rings is 1. The lowest BCUT2D eigenvalue weighted by Gasteiger charge is -2.35. The maximum Gasteiger partial charge on any atom is 0.323 e. The van der Waals surface area contributed by atoms with Crippen LogP contribution in [0.1, 0.15) is 6.42 Å². The summed E-state index contributed by atoms with van der Waals surface area (Å²) in [6, 6.07) is 4.53. The molecule has 1 unspecified atom stereocenters. The van der Waals surface area contributed by atoms with Gasteiger partial charge in [0.1, 0.15) is 0 Å². The number of fused-ring (bicyclic) bond motifs is 1. The number of H-pyrrole nitrogens is 2. The summed E-state index contributed by atoms with van der Waals surface area (Å²) >= 11 is 0. The van der Waals surface area contributed by atoms with E-state index in [1.807, 2.05) is 0 Å². The Morgan fingerprint density at radius 1 is 1.07 bits per heavy atom. The number of amides is 1. The molecule has 0 aliphatic carbocycles. The molecule has 1 aromatic heterocycles. The zero-order valence-corrected chi connectivity index (χ0v) is 16.2. The van der Waals surface area contributed by atoms with E-state index in [-0.39, 0.29) is 47.9 Å². The highest BCUT2D eigenvalue weighted by Gasteiger charge is 2.33. The van der Waals surface area contributed by atoms with Crippen molar-refractivity contribution in [2.75, 3.05) is 39.3 Å². The molecule has 2 aliphatic heterocycles. The van der Waals surface area contributed by atoms with E-state index in [2.05, 4.69) is 15.3 Å². The maximum atomic E-state index is 12.9. The quantitative estimate of drug-likeness (QED) is 0.637. The second kappa shape index (κ2) is 7.63. The molecular formula is C16H22ClN5O4S. The zero-order valence-electron chi connectivity index (χ0n) is 14.6. The van der Waals surface area contributed by atoms with Crippen LogP contribution in [-0.2, 0) is 14.8 Å². The normalized spacial score (nSPS) is 21.3. The summed E-state index contributed by atoms with van der Waals surface area (Å²) in [4.78, 5) is 30.9. The first-order valence-electron chi connectivity index (χ1n) is 8.67. The minimum Gasteiger partial charge on any atom is -0.340 e. The van der Waals surface area contributed by atoms with Crippen LogP contribution in [0.2, 0.25) is 0 Å². The number of sulfonamides is 1. The van der Waals surface area contributed by atoms with Crippen LogP contribution in [-0.4, -0.2) is 72.8 Å². The lowest BCUT2D eigenvalue weighted by molar-refractivity contribution is -0.136. The fourth-order valence-electron chi connectivity index (χ4n) is 3.59. The molecule has 0 saturated carbocycles. The standard InChI is InChI=1S/C16H21N5O4S.ClH/c22-15(11-3-4-17-10-11)20-5-7-21(8-6-20)26(24,25)12-1-2-13-14(9-12)19-16(23)18-13;/h1-2,9,11,17H,3-8,10H2,(H2,18,19,23);1H. The Bertz CT molecular complexity index is 988. The predicted octanol–water partition coefficient (Wildman–Crippen LogP) is -0.280. The Balaban J connectivity index is 0.00000210. The summed E-state index contributed by atoms with van der Waals surface area (Å²) in [5, 5.41) is 3.18. The van der Waals surface area contributed by atoms with Gasteiger partial charge in [-0.25, -0.2) is 13.2 Å². The smallest absolute Gasteiger partial charge is 0.323 e. The minimum absolute atomic E-state index is 0. The van der Waals surface area contributed by atoms with E-state index in [0.717, 1.165) is 13.0 Å². The molecule has 27 heavy (non-hydrogen) atoms. The summed E-state index contributed by atoms with van der Waals surface area (Å²) in [6.45, 7) is 2.90. The van der Waals surface area contributed by atoms with Gasteiger partial charge in [-0.2, -0.15) is 4.31 Å². The van der Waals surface area contributed by atoms with Gasteiger partial charge in [0, 0.05) is 32.7 Å². The van der Waals surface area contributed by atoms with Crippen molar-refractivity contribution >= 4 is 39.4 Å². The number of aromatic amines is 2. The van der Waals surface area contributed by atoms with E-state index in [0.29, 0.717) is 30.7 Å². The first-order valence-corrected chi connectivity index (χ1v) is 10.1. The van der Waals surface area contributed by atoms with E-state index < -0.39 is 10.0 Å². The number of carbonyl (C=O) groups is 1. The molecule has 1 aromatic carbocycles. The number of hydrogen-bond acceptors (Lipinski definition) is 5. The van der Waals surface area contributed by atoms with E-state index in [1.165, 1.54) is 16.4 Å². The fraction of sp³-hybridized carbons (Fsp3) is 0.500. The molecule has 3 N–H and O–H groups in total. The van der Waals surface area contributed by atoms with Gasteiger partial charge in [0.2, 0.25) is 15.9 Å². The molecule has 2 saturated heterocycles. The highest BCUT2D eigenvalue weighted by atomic mass is 35.5. The molecule has 0 bridgehead atoms. The van der Waals surface area contributed by atoms with Crippen molar-refractivity contribution in [1.82, 2.24) is 24.5 Å². The molecule has 2 fully saturated rings. The first kappa shape index (κ1) is 19.9. The monoisotopic (exact) mass is 415 g/mol. The van der Waals surface area contributed by atoms with E-state index in [4.69, 9.17) is 0 Å². The van der Waals surface area contributed by atoms with Crippen LogP contribution in [0.5, 0.6) is 0 Å². The number of hydrogen-bond donors (Lipinski definition) is 3. The number of imidazole rings is 1. The van der Waals surface area contributed by atoms with Gasteiger partial charge >= 0.3 is 5.69 Å². The van der Waals surface area contributed by atoms with Gasteiger partial charge in [-0.1, -0.05) is 0 Å². The van der Waals surface area contributed by atoms with Crippen molar-refractivity contribution in [3.63, 3.8) is 0 Å². The molecule has 0 spiro atoms. The molecule has 1 atom stereocenters. The second-order valence-corrected chi connectivity index (χ2v) is 8.64. The number of aromatic nitrogens is 2. The highest BCUT2D eigenvalue weighted by Crippen LogP contribution is 2.21. The third-order valence-electron chi connectivity index (χ3n) is 5.09. The van der Waals surface area contributed by atoms with Gasteiger partial charge in [0.15, 0.2) is 0 Å². The van der Waals surface area contributed by atoms with Crippen molar-refractivity contribution in [2.45, 2.75) is 11.3 Å². The number of halogens is 1. The topological polar surface area (TPSA) is 118 Å². The van der Waals surface area contributed by atoms with Crippen LogP contribution in [0.4, 0.5) is 0 Å². The van der Waals surface area contributed by atoms with Crippen LogP contribution >= 0.6 is 12.4 Å². The largest absolute Gasteiger partial charge is 0.340 e. The molecule has 11 heteroatoms. The molecule has 3 heterocycles. The second-order valence-electron chi connectivity index (χ2n) is 6.71. The molecule has 0 radical (unpaired) electrons. The molecule has 2 aromatic rings. The van der Waals surface area contributed by atoms with Gasteiger partial charge in [0.05, 0.1) is 21.8 Å². The molecule has 9 nitrogen and oxygen atoms in total. The van der Waals surface area contributed by atoms with Crippen molar-refractivity contribution in [1.29, 1.82) is 0 Å². The number of carbonyl (C=O) groups excluding carboxylic acids is 1. The number of benzene rings is 1. The molecular weight excluding hydrogens is 394 g/mol. The first-order chi connectivity index (χ1) is 12.4. The van der Waals surface area contributed by atoms with E-state index in [9.17, 15) is 18.0 Å². The Labute approximate surface area is 162 Å². The summed E-state index contributed by atoms with van der Waals surface area (Å²) in [7, 11) is -3.67. The minimum atomic E-state index is -3.67. The van der Waals surface area contributed by atoms with Crippen LogP contribution in [0, 0.1) is 5.92 Å². The zero-order chi connectivity index (χ0) is 18.3. The van der Waals surface area contributed by atoms with Gasteiger partial charge in [-0.3, -0.25) is 4.79 Å². The van der Waals surface area contributed by atoms with Crippen molar-refractivity contribution in [3.8, 4) is 0 Å². The maximum absolute atomic E-state index is 12.9.